The molecule has 0 saturated heterocycles. The second-order valence-corrected chi connectivity index (χ2v) is 7.00. The van der Waals surface area contributed by atoms with Gasteiger partial charge in [0, 0.05) is 23.3 Å². The van der Waals surface area contributed by atoms with Gasteiger partial charge in [-0.1, -0.05) is 23.4 Å². The molecular weight excluding hydrogens is 357 g/mol. The Morgan fingerprint density at radius 1 is 1.07 bits per heavy atom. The van der Waals surface area contributed by atoms with Crippen LogP contribution < -0.4 is 5.32 Å². The van der Waals surface area contributed by atoms with Crippen LogP contribution in [0.2, 0.25) is 0 Å². The summed E-state index contributed by atoms with van der Waals surface area (Å²) in [5.74, 6) is -0.197. The van der Waals surface area contributed by atoms with Crippen LogP contribution in [0.5, 0.6) is 0 Å². The maximum Gasteiger partial charge on any atom is 0.236 e. The Labute approximate surface area is 160 Å². The number of carbonyl (C=O) groups excluding carboxylic acids is 1. The van der Waals surface area contributed by atoms with Gasteiger partial charge in [-0.25, -0.2) is 4.39 Å². The fraction of sp³-hybridized carbons (Fsp3) is 0.136. The molecule has 28 heavy (non-hydrogen) atoms. The first kappa shape index (κ1) is 16.6. The van der Waals surface area contributed by atoms with Crippen LogP contribution in [-0.2, 0) is 10.2 Å². The SMILES string of the molecule is O=C(Nc1ccc2ncccc2c1)C1(c2cc(-c3ccccc3F)on2)CC1. The van der Waals surface area contributed by atoms with Gasteiger partial charge < -0.3 is 9.84 Å². The lowest BCUT2D eigenvalue weighted by Gasteiger charge is -2.13. The smallest absolute Gasteiger partial charge is 0.236 e. The number of hydrogen-bond donors (Lipinski definition) is 1. The number of amides is 1. The topological polar surface area (TPSA) is 68.0 Å². The molecule has 0 atom stereocenters. The van der Waals surface area contributed by atoms with Crippen LogP contribution in [-0.4, -0.2) is 16.0 Å². The average Bonchev–Trinajstić information content (AvgIpc) is 3.39. The predicted molar refractivity (Wildman–Crippen MR) is 103 cm³/mol. The lowest BCUT2D eigenvalue weighted by molar-refractivity contribution is -0.118. The highest BCUT2D eigenvalue weighted by Gasteiger charge is 2.53. The van der Waals surface area contributed by atoms with E-state index in [2.05, 4.69) is 15.5 Å². The molecule has 138 valence electrons. The van der Waals surface area contributed by atoms with Crippen molar-refractivity contribution in [3.05, 3.63) is 78.4 Å². The third kappa shape index (κ3) is 2.74. The van der Waals surface area contributed by atoms with Crippen molar-refractivity contribution in [3.8, 4) is 11.3 Å². The van der Waals surface area contributed by atoms with E-state index in [1.54, 1.807) is 30.5 Å². The molecule has 0 unspecified atom stereocenters. The summed E-state index contributed by atoms with van der Waals surface area (Å²) in [5, 5.41) is 7.99. The Morgan fingerprint density at radius 2 is 1.93 bits per heavy atom. The van der Waals surface area contributed by atoms with Gasteiger partial charge in [0.25, 0.3) is 0 Å². The first-order valence-electron chi connectivity index (χ1n) is 9.04. The third-order valence-corrected chi connectivity index (χ3v) is 5.19. The van der Waals surface area contributed by atoms with Crippen molar-refractivity contribution in [2.24, 2.45) is 0 Å². The minimum atomic E-state index is -0.725. The first-order valence-corrected chi connectivity index (χ1v) is 9.04. The Morgan fingerprint density at radius 3 is 2.75 bits per heavy atom. The van der Waals surface area contributed by atoms with E-state index in [-0.39, 0.29) is 11.7 Å². The molecule has 5 rings (SSSR count). The number of rotatable bonds is 4. The predicted octanol–water partition coefficient (Wildman–Crippen LogP) is 4.70. The number of nitrogens with zero attached hydrogens (tertiary/aromatic N) is 2. The number of aromatic nitrogens is 2. The largest absolute Gasteiger partial charge is 0.356 e. The van der Waals surface area contributed by atoms with E-state index in [1.165, 1.54) is 6.07 Å². The Bertz CT molecular complexity index is 1200. The Hall–Kier alpha value is -3.54. The zero-order valence-electron chi connectivity index (χ0n) is 14.9. The summed E-state index contributed by atoms with van der Waals surface area (Å²) < 4.78 is 19.3. The molecule has 2 heterocycles. The molecule has 6 heteroatoms. The summed E-state index contributed by atoms with van der Waals surface area (Å²) >= 11 is 0. The standard InChI is InChI=1S/C22H16FN3O2/c23-17-6-2-1-5-16(17)19-13-20(26-28-19)22(9-10-22)21(27)25-15-7-8-18-14(12-15)4-3-11-24-18/h1-8,11-13H,9-10H2,(H,25,27). The lowest BCUT2D eigenvalue weighted by Crippen LogP contribution is -2.28. The highest BCUT2D eigenvalue weighted by atomic mass is 19.1. The van der Waals surface area contributed by atoms with Crippen molar-refractivity contribution in [1.29, 1.82) is 0 Å². The van der Waals surface area contributed by atoms with Crippen molar-refractivity contribution in [2.75, 3.05) is 5.32 Å². The van der Waals surface area contributed by atoms with Crippen LogP contribution >= 0.6 is 0 Å². The molecule has 1 aliphatic carbocycles. The summed E-state index contributed by atoms with van der Waals surface area (Å²) in [6.45, 7) is 0. The summed E-state index contributed by atoms with van der Waals surface area (Å²) in [6.07, 6.45) is 3.09. The van der Waals surface area contributed by atoms with Gasteiger partial charge in [-0.2, -0.15) is 0 Å². The Balaban J connectivity index is 1.41. The molecule has 4 aromatic rings. The van der Waals surface area contributed by atoms with Crippen molar-refractivity contribution in [2.45, 2.75) is 18.3 Å². The molecule has 2 aromatic carbocycles. The Kier molecular flexibility index (Phi) is 3.72. The number of halogens is 1. The third-order valence-electron chi connectivity index (χ3n) is 5.19. The number of nitrogens with one attached hydrogen (secondary N) is 1. The van der Waals surface area contributed by atoms with Gasteiger partial charge in [0.1, 0.15) is 5.82 Å². The zero-order valence-corrected chi connectivity index (χ0v) is 14.9. The van der Waals surface area contributed by atoms with Crippen LogP contribution in [0.15, 0.2) is 71.4 Å². The highest BCUT2D eigenvalue weighted by molar-refractivity contribution is 6.02. The van der Waals surface area contributed by atoms with Crippen LogP contribution in [0, 0.1) is 5.82 Å². The second kappa shape index (κ2) is 6.27. The van der Waals surface area contributed by atoms with Gasteiger partial charge in [0.2, 0.25) is 5.91 Å². The van der Waals surface area contributed by atoms with Crippen LogP contribution in [0.4, 0.5) is 10.1 Å². The van der Waals surface area contributed by atoms with E-state index in [4.69, 9.17) is 4.52 Å². The highest BCUT2D eigenvalue weighted by Crippen LogP contribution is 2.49. The summed E-state index contributed by atoms with van der Waals surface area (Å²) in [6, 6.07) is 17.4. The molecule has 1 saturated carbocycles. The van der Waals surface area contributed by atoms with Gasteiger partial charge in [-0.05, 0) is 49.2 Å². The van der Waals surface area contributed by atoms with Gasteiger partial charge in [-0.3, -0.25) is 9.78 Å². The average molecular weight is 373 g/mol. The van der Waals surface area contributed by atoms with Gasteiger partial charge in [-0.15, -0.1) is 0 Å². The fourth-order valence-electron chi connectivity index (χ4n) is 3.42. The van der Waals surface area contributed by atoms with E-state index in [0.29, 0.717) is 35.5 Å². The minimum absolute atomic E-state index is 0.135. The van der Waals surface area contributed by atoms with Crippen LogP contribution in [0.25, 0.3) is 22.2 Å². The van der Waals surface area contributed by atoms with E-state index < -0.39 is 5.41 Å². The van der Waals surface area contributed by atoms with E-state index in [9.17, 15) is 9.18 Å². The normalized spacial score (nSPS) is 14.8. The van der Waals surface area contributed by atoms with Gasteiger partial charge in [0.05, 0.1) is 22.2 Å². The van der Waals surface area contributed by atoms with Crippen molar-refractivity contribution < 1.29 is 13.7 Å². The molecular formula is C22H16FN3O2. The maximum absolute atomic E-state index is 14.0. The zero-order chi connectivity index (χ0) is 19.1. The molecule has 1 aliphatic rings. The molecule has 5 nitrogen and oxygen atoms in total. The second-order valence-electron chi connectivity index (χ2n) is 7.00. The van der Waals surface area contributed by atoms with Crippen LogP contribution in [0.3, 0.4) is 0 Å². The molecule has 0 spiro atoms. The quantitative estimate of drug-likeness (QED) is 0.563. The van der Waals surface area contributed by atoms with E-state index >= 15 is 0 Å². The van der Waals surface area contributed by atoms with E-state index in [1.807, 2.05) is 30.3 Å². The van der Waals surface area contributed by atoms with Crippen LogP contribution in [0.1, 0.15) is 18.5 Å². The monoisotopic (exact) mass is 373 g/mol. The lowest BCUT2D eigenvalue weighted by atomic mass is 10.00. The number of hydrogen-bond acceptors (Lipinski definition) is 4. The summed E-state index contributed by atoms with van der Waals surface area (Å²) in [7, 11) is 0. The van der Waals surface area contributed by atoms with E-state index in [0.717, 1.165) is 10.9 Å². The molecule has 1 fully saturated rings. The van der Waals surface area contributed by atoms with Gasteiger partial charge >= 0.3 is 0 Å². The molecule has 1 N–H and O–H groups in total. The number of carbonyl (C=O) groups is 1. The number of benzene rings is 2. The first-order chi connectivity index (χ1) is 13.7. The number of pyridine rings is 1. The number of fused-ring (bicyclic) bond motifs is 1. The molecule has 0 aliphatic heterocycles. The summed E-state index contributed by atoms with van der Waals surface area (Å²) in [4.78, 5) is 17.2. The molecule has 1 amide bonds. The van der Waals surface area contributed by atoms with Crippen molar-refractivity contribution >= 4 is 22.5 Å². The van der Waals surface area contributed by atoms with Crippen molar-refractivity contribution in [1.82, 2.24) is 10.1 Å². The minimum Gasteiger partial charge on any atom is -0.356 e. The van der Waals surface area contributed by atoms with Crippen molar-refractivity contribution in [3.63, 3.8) is 0 Å². The summed E-state index contributed by atoms with van der Waals surface area (Å²) in [5.41, 5.74) is 1.71. The maximum atomic E-state index is 14.0. The molecule has 2 aromatic heterocycles. The van der Waals surface area contributed by atoms with Gasteiger partial charge in [0.15, 0.2) is 5.76 Å². The molecule has 0 radical (unpaired) electrons. The number of anilines is 1. The molecule has 0 bridgehead atoms. The fourth-order valence-corrected chi connectivity index (χ4v) is 3.42.